The Balaban J connectivity index is 1.86. The molecule has 0 unspecified atom stereocenters. The first kappa shape index (κ1) is 14.6. The van der Waals surface area contributed by atoms with Crippen LogP contribution in [0.15, 0.2) is 28.7 Å². The van der Waals surface area contributed by atoms with Crippen molar-refractivity contribution in [2.75, 3.05) is 11.1 Å². The lowest BCUT2D eigenvalue weighted by Gasteiger charge is -2.18. The van der Waals surface area contributed by atoms with Crippen LogP contribution in [-0.2, 0) is 12.8 Å². The van der Waals surface area contributed by atoms with Crippen LogP contribution in [0.5, 0.6) is 0 Å². The number of nitrogen functional groups attached to an aromatic ring is 1. The van der Waals surface area contributed by atoms with Crippen LogP contribution in [0.4, 0.5) is 10.7 Å². The molecule has 0 saturated carbocycles. The molecule has 5 heteroatoms. The fourth-order valence-corrected chi connectivity index (χ4v) is 4.29. The van der Waals surface area contributed by atoms with E-state index in [1.165, 1.54) is 4.88 Å². The zero-order chi connectivity index (χ0) is 15.0. The molecule has 1 atom stereocenters. The van der Waals surface area contributed by atoms with E-state index in [2.05, 4.69) is 28.2 Å². The first-order chi connectivity index (χ1) is 10.0. The van der Waals surface area contributed by atoms with Gasteiger partial charge in [0.1, 0.15) is 0 Å². The fraction of sp³-hybridized carbons (Fsp3) is 0.312. The van der Waals surface area contributed by atoms with E-state index in [4.69, 9.17) is 5.73 Å². The van der Waals surface area contributed by atoms with Gasteiger partial charge >= 0.3 is 0 Å². The lowest BCUT2D eigenvalue weighted by Crippen LogP contribution is -2.17. The number of carbonyl (C=O) groups is 1. The summed E-state index contributed by atoms with van der Waals surface area (Å²) in [6.45, 7) is 2.25. The van der Waals surface area contributed by atoms with Gasteiger partial charge < -0.3 is 11.1 Å². The summed E-state index contributed by atoms with van der Waals surface area (Å²) in [7, 11) is 0. The molecule has 1 amide bonds. The predicted octanol–water partition coefficient (Wildman–Crippen LogP) is 4.47. The summed E-state index contributed by atoms with van der Waals surface area (Å²) in [6.07, 6.45) is 3.12. The highest BCUT2D eigenvalue weighted by Gasteiger charge is 2.26. The van der Waals surface area contributed by atoms with Crippen LogP contribution < -0.4 is 11.1 Å². The Labute approximate surface area is 136 Å². The molecule has 0 aliphatic heterocycles. The molecule has 2 aromatic rings. The third kappa shape index (κ3) is 2.99. The van der Waals surface area contributed by atoms with Crippen molar-refractivity contribution in [3.05, 3.63) is 44.7 Å². The number of carbonyl (C=O) groups excluding carboxylic acids is 1. The molecule has 3 rings (SSSR count). The number of amides is 1. The van der Waals surface area contributed by atoms with Crippen LogP contribution >= 0.6 is 27.3 Å². The van der Waals surface area contributed by atoms with Crippen molar-refractivity contribution in [1.82, 2.24) is 0 Å². The molecule has 0 saturated heterocycles. The summed E-state index contributed by atoms with van der Waals surface area (Å²) < 4.78 is 0.988. The van der Waals surface area contributed by atoms with Gasteiger partial charge in [-0.25, -0.2) is 0 Å². The maximum Gasteiger partial charge on any atom is 0.258 e. The van der Waals surface area contributed by atoms with Crippen LogP contribution in [0.25, 0.3) is 0 Å². The monoisotopic (exact) mass is 364 g/mol. The summed E-state index contributed by atoms with van der Waals surface area (Å²) in [5, 5.41) is 3.58. The van der Waals surface area contributed by atoms with E-state index >= 15 is 0 Å². The number of hydrogen-bond acceptors (Lipinski definition) is 3. The van der Waals surface area contributed by atoms with Crippen molar-refractivity contribution in [2.45, 2.75) is 26.2 Å². The maximum absolute atomic E-state index is 12.5. The molecule has 21 heavy (non-hydrogen) atoms. The second-order valence-electron chi connectivity index (χ2n) is 5.55. The lowest BCUT2D eigenvalue weighted by molar-refractivity contribution is 0.102. The third-order valence-electron chi connectivity index (χ3n) is 3.87. The van der Waals surface area contributed by atoms with Crippen molar-refractivity contribution < 1.29 is 4.79 Å². The summed E-state index contributed by atoms with van der Waals surface area (Å²) in [5.41, 5.74) is 8.72. The second-order valence-corrected chi connectivity index (χ2v) is 7.60. The molecular formula is C16H17BrN2OS. The third-order valence-corrected chi connectivity index (χ3v) is 5.48. The fourth-order valence-electron chi connectivity index (χ4n) is 2.75. The van der Waals surface area contributed by atoms with E-state index in [9.17, 15) is 4.79 Å². The number of halogens is 1. The topological polar surface area (TPSA) is 55.1 Å². The Hall–Kier alpha value is -1.33. The Kier molecular flexibility index (Phi) is 4.04. The molecule has 1 heterocycles. The van der Waals surface area contributed by atoms with Gasteiger partial charge in [0.15, 0.2) is 0 Å². The van der Waals surface area contributed by atoms with Gasteiger partial charge in [-0.2, -0.15) is 0 Å². The van der Waals surface area contributed by atoms with Crippen LogP contribution in [0, 0.1) is 5.92 Å². The number of benzene rings is 1. The van der Waals surface area contributed by atoms with E-state index in [1.807, 2.05) is 24.3 Å². The standard InChI is InChI=1S/C16H17BrN2OS/c1-9-2-7-12-13(8-9)21-15(18)14(12)16(20)19-11-5-3-10(17)4-6-11/h3-6,9H,2,7-8,18H2,1H3,(H,19,20)/t9-/m0/s1. The van der Waals surface area contributed by atoms with Crippen molar-refractivity contribution in [3.8, 4) is 0 Å². The molecule has 0 spiro atoms. The number of anilines is 2. The Bertz CT molecular complexity index is 678. The average molecular weight is 365 g/mol. The number of fused-ring (bicyclic) bond motifs is 1. The minimum atomic E-state index is -0.0955. The SMILES string of the molecule is C[C@H]1CCc2c(sc(N)c2C(=O)Nc2ccc(Br)cc2)C1. The quantitative estimate of drug-likeness (QED) is 0.825. The Morgan fingerprint density at radius 1 is 1.38 bits per heavy atom. The lowest BCUT2D eigenvalue weighted by atomic mass is 9.88. The van der Waals surface area contributed by atoms with Crippen molar-refractivity contribution >= 4 is 43.9 Å². The summed E-state index contributed by atoms with van der Waals surface area (Å²) in [6, 6.07) is 7.56. The summed E-state index contributed by atoms with van der Waals surface area (Å²) in [5.74, 6) is 0.583. The Morgan fingerprint density at radius 2 is 2.10 bits per heavy atom. The number of nitrogens with two attached hydrogens (primary N) is 1. The van der Waals surface area contributed by atoms with E-state index in [1.54, 1.807) is 11.3 Å². The smallest absolute Gasteiger partial charge is 0.258 e. The van der Waals surface area contributed by atoms with Gasteiger partial charge in [0, 0.05) is 15.0 Å². The van der Waals surface area contributed by atoms with Gasteiger partial charge in [-0.05, 0) is 55.0 Å². The number of rotatable bonds is 2. The van der Waals surface area contributed by atoms with Gasteiger partial charge in [0.2, 0.25) is 0 Å². The van der Waals surface area contributed by atoms with E-state index in [0.717, 1.165) is 35.0 Å². The highest BCUT2D eigenvalue weighted by atomic mass is 79.9. The van der Waals surface area contributed by atoms with Gasteiger partial charge in [0.05, 0.1) is 10.6 Å². The van der Waals surface area contributed by atoms with Crippen molar-refractivity contribution in [1.29, 1.82) is 0 Å². The molecule has 1 aromatic heterocycles. The summed E-state index contributed by atoms with van der Waals surface area (Å²) in [4.78, 5) is 13.8. The molecule has 1 aliphatic carbocycles. The van der Waals surface area contributed by atoms with Gasteiger partial charge in [-0.15, -0.1) is 11.3 Å². The van der Waals surface area contributed by atoms with Gasteiger partial charge in [-0.1, -0.05) is 22.9 Å². The van der Waals surface area contributed by atoms with Gasteiger partial charge in [0.25, 0.3) is 5.91 Å². The van der Waals surface area contributed by atoms with Crippen LogP contribution in [0.3, 0.4) is 0 Å². The average Bonchev–Trinajstić information content (AvgIpc) is 2.76. The maximum atomic E-state index is 12.5. The summed E-state index contributed by atoms with van der Waals surface area (Å²) >= 11 is 4.96. The van der Waals surface area contributed by atoms with Crippen LogP contribution in [0.1, 0.15) is 34.1 Å². The Morgan fingerprint density at radius 3 is 2.81 bits per heavy atom. The minimum Gasteiger partial charge on any atom is -0.390 e. The van der Waals surface area contributed by atoms with Crippen LogP contribution in [0.2, 0.25) is 0 Å². The van der Waals surface area contributed by atoms with Crippen molar-refractivity contribution in [3.63, 3.8) is 0 Å². The molecule has 0 bridgehead atoms. The minimum absolute atomic E-state index is 0.0955. The van der Waals surface area contributed by atoms with E-state index < -0.39 is 0 Å². The number of hydrogen-bond donors (Lipinski definition) is 2. The van der Waals surface area contributed by atoms with E-state index in [0.29, 0.717) is 16.5 Å². The molecule has 110 valence electrons. The van der Waals surface area contributed by atoms with Crippen molar-refractivity contribution in [2.24, 2.45) is 5.92 Å². The first-order valence-corrected chi connectivity index (χ1v) is 8.62. The zero-order valence-electron chi connectivity index (χ0n) is 11.8. The number of nitrogens with one attached hydrogen (secondary N) is 1. The highest BCUT2D eigenvalue weighted by Crippen LogP contribution is 2.38. The molecule has 1 aromatic carbocycles. The van der Waals surface area contributed by atoms with E-state index in [-0.39, 0.29) is 5.91 Å². The molecule has 3 N–H and O–H groups in total. The molecule has 3 nitrogen and oxygen atoms in total. The van der Waals surface area contributed by atoms with Crippen LogP contribution in [-0.4, -0.2) is 5.91 Å². The first-order valence-electron chi connectivity index (χ1n) is 7.01. The predicted molar refractivity (Wildman–Crippen MR) is 92.0 cm³/mol. The molecule has 1 aliphatic rings. The largest absolute Gasteiger partial charge is 0.390 e. The molecule has 0 fully saturated rings. The normalized spacial score (nSPS) is 17.3. The number of thiophene rings is 1. The zero-order valence-corrected chi connectivity index (χ0v) is 14.2. The molecular weight excluding hydrogens is 348 g/mol. The highest BCUT2D eigenvalue weighted by molar-refractivity contribution is 9.10. The second kappa shape index (κ2) is 5.81. The van der Waals surface area contributed by atoms with Gasteiger partial charge in [-0.3, -0.25) is 4.79 Å². The molecule has 0 radical (unpaired) electrons.